The van der Waals surface area contributed by atoms with Crippen molar-refractivity contribution in [3.63, 3.8) is 0 Å². The molecule has 2 aliphatic rings. The maximum absolute atomic E-state index is 12.8. The molecule has 4 rings (SSSR count). The van der Waals surface area contributed by atoms with Crippen LogP contribution in [0, 0.1) is 0 Å². The van der Waals surface area contributed by atoms with E-state index in [-0.39, 0.29) is 24.9 Å². The van der Waals surface area contributed by atoms with Gasteiger partial charge in [-0.05, 0) is 36.4 Å². The van der Waals surface area contributed by atoms with Crippen LogP contribution in [0.1, 0.15) is 33.6 Å². The number of carbonyl (C=O) groups is 2. The lowest BCUT2D eigenvalue weighted by Gasteiger charge is -2.28. The molecule has 2 aromatic carbocycles. The summed E-state index contributed by atoms with van der Waals surface area (Å²) in [6.07, 6.45) is 2.36. The van der Waals surface area contributed by atoms with Crippen molar-refractivity contribution < 1.29 is 9.59 Å². The van der Waals surface area contributed by atoms with E-state index < -0.39 is 0 Å². The summed E-state index contributed by atoms with van der Waals surface area (Å²) in [5.41, 5.74) is 7.86. The second kappa shape index (κ2) is 5.35. The van der Waals surface area contributed by atoms with Crippen molar-refractivity contribution in [1.29, 1.82) is 0 Å². The van der Waals surface area contributed by atoms with Crippen molar-refractivity contribution in [3.8, 4) is 0 Å². The van der Waals surface area contributed by atoms with Gasteiger partial charge < -0.3 is 10.6 Å². The van der Waals surface area contributed by atoms with Crippen LogP contribution in [-0.4, -0.2) is 42.9 Å². The fourth-order valence-corrected chi connectivity index (χ4v) is 3.63. The zero-order valence-corrected chi connectivity index (χ0v) is 12.9. The Morgan fingerprint density at radius 1 is 1.00 bits per heavy atom. The zero-order valence-electron chi connectivity index (χ0n) is 12.9. The molecule has 2 heterocycles. The van der Waals surface area contributed by atoms with Crippen LogP contribution in [0.2, 0.25) is 0 Å². The van der Waals surface area contributed by atoms with Gasteiger partial charge in [-0.2, -0.15) is 0 Å². The lowest BCUT2D eigenvalue weighted by Crippen LogP contribution is -2.43. The Kier molecular flexibility index (Phi) is 3.31. The van der Waals surface area contributed by atoms with E-state index in [2.05, 4.69) is 11.0 Å². The molecular formula is C18H19N3O2. The van der Waals surface area contributed by atoms with E-state index in [1.165, 1.54) is 17.7 Å². The first-order valence-electron chi connectivity index (χ1n) is 8.08. The molecule has 2 aromatic rings. The van der Waals surface area contributed by atoms with Crippen LogP contribution in [0.15, 0.2) is 30.3 Å². The highest BCUT2D eigenvalue weighted by Crippen LogP contribution is 2.34. The Hall–Kier alpha value is -2.40. The van der Waals surface area contributed by atoms with Crippen LogP contribution in [-0.2, 0) is 0 Å². The quantitative estimate of drug-likeness (QED) is 0.881. The van der Waals surface area contributed by atoms with E-state index in [0.29, 0.717) is 11.1 Å². The third kappa shape index (κ3) is 2.11. The number of anilines is 1. The lowest BCUT2D eigenvalue weighted by atomic mass is 9.93. The van der Waals surface area contributed by atoms with E-state index >= 15 is 0 Å². The van der Waals surface area contributed by atoms with Crippen molar-refractivity contribution >= 4 is 28.3 Å². The highest BCUT2D eigenvalue weighted by Gasteiger charge is 2.33. The van der Waals surface area contributed by atoms with E-state index in [1.807, 2.05) is 18.2 Å². The normalized spacial score (nSPS) is 17.4. The highest BCUT2D eigenvalue weighted by molar-refractivity contribution is 6.26. The monoisotopic (exact) mass is 309 g/mol. The average Bonchev–Trinajstić information content (AvgIpc) is 3.10. The SMILES string of the molecule is NCCN1C(=O)c2cccc3cc(N4CCCC4)cc(c23)C1=O. The largest absolute Gasteiger partial charge is 0.371 e. The maximum Gasteiger partial charge on any atom is 0.261 e. The molecule has 2 N–H and O–H groups in total. The van der Waals surface area contributed by atoms with Crippen molar-refractivity contribution in [2.75, 3.05) is 31.1 Å². The molecule has 5 heteroatoms. The molecule has 2 amide bonds. The first kappa shape index (κ1) is 14.2. The van der Waals surface area contributed by atoms with Gasteiger partial charge in [0, 0.05) is 42.8 Å². The molecule has 0 saturated carbocycles. The molecule has 0 spiro atoms. The molecule has 1 fully saturated rings. The minimum Gasteiger partial charge on any atom is -0.371 e. The molecule has 0 aromatic heterocycles. The zero-order chi connectivity index (χ0) is 16.0. The van der Waals surface area contributed by atoms with Crippen molar-refractivity contribution in [2.45, 2.75) is 12.8 Å². The number of nitrogens with two attached hydrogens (primary N) is 1. The van der Waals surface area contributed by atoms with Crippen LogP contribution < -0.4 is 10.6 Å². The summed E-state index contributed by atoms with van der Waals surface area (Å²) in [4.78, 5) is 29.0. The van der Waals surface area contributed by atoms with Crippen molar-refractivity contribution in [1.82, 2.24) is 4.90 Å². The van der Waals surface area contributed by atoms with E-state index in [4.69, 9.17) is 5.73 Å². The number of nitrogens with zero attached hydrogens (tertiary/aromatic N) is 2. The van der Waals surface area contributed by atoms with Crippen LogP contribution >= 0.6 is 0 Å². The summed E-state index contributed by atoms with van der Waals surface area (Å²) in [7, 11) is 0. The Balaban J connectivity index is 1.93. The number of hydrogen-bond donors (Lipinski definition) is 1. The molecule has 0 bridgehead atoms. The number of rotatable bonds is 3. The molecule has 5 nitrogen and oxygen atoms in total. The summed E-state index contributed by atoms with van der Waals surface area (Å²) >= 11 is 0. The second-order valence-corrected chi connectivity index (χ2v) is 6.14. The molecule has 0 aliphatic carbocycles. The van der Waals surface area contributed by atoms with Crippen LogP contribution in [0.5, 0.6) is 0 Å². The van der Waals surface area contributed by atoms with Gasteiger partial charge in [-0.15, -0.1) is 0 Å². The molecule has 0 radical (unpaired) electrons. The molecule has 2 aliphatic heterocycles. The van der Waals surface area contributed by atoms with E-state index in [1.54, 1.807) is 6.07 Å². The smallest absolute Gasteiger partial charge is 0.261 e. The molecule has 23 heavy (non-hydrogen) atoms. The minimum absolute atomic E-state index is 0.231. The third-order valence-corrected chi connectivity index (χ3v) is 4.74. The van der Waals surface area contributed by atoms with Gasteiger partial charge in [0.25, 0.3) is 11.8 Å². The minimum atomic E-state index is -0.243. The fraction of sp³-hybridized carbons (Fsp3) is 0.333. The Morgan fingerprint density at radius 2 is 1.74 bits per heavy atom. The van der Waals surface area contributed by atoms with E-state index in [0.717, 1.165) is 29.5 Å². The van der Waals surface area contributed by atoms with Gasteiger partial charge in [0.15, 0.2) is 0 Å². The third-order valence-electron chi connectivity index (χ3n) is 4.74. The molecule has 0 unspecified atom stereocenters. The van der Waals surface area contributed by atoms with Crippen LogP contribution in [0.3, 0.4) is 0 Å². The first-order valence-corrected chi connectivity index (χ1v) is 8.08. The van der Waals surface area contributed by atoms with Gasteiger partial charge in [0.05, 0.1) is 5.56 Å². The van der Waals surface area contributed by atoms with Crippen LogP contribution in [0.25, 0.3) is 10.8 Å². The summed E-state index contributed by atoms with van der Waals surface area (Å²) in [5, 5.41) is 1.73. The number of imide groups is 1. The number of hydrogen-bond acceptors (Lipinski definition) is 4. The van der Waals surface area contributed by atoms with Gasteiger partial charge in [-0.3, -0.25) is 14.5 Å². The van der Waals surface area contributed by atoms with Gasteiger partial charge in [-0.25, -0.2) is 0 Å². The Labute approximate surface area is 134 Å². The molecule has 118 valence electrons. The number of carbonyl (C=O) groups excluding carboxylic acids is 2. The maximum atomic E-state index is 12.8. The molecule has 1 saturated heterocycles. The first-order chi connectivity index (χ1) is 11.2. The predicted octanol–water partition coefficient (Wildman–Crippen LogP) is 1.99. The van der Waals surface area contributed by atoms with Gasteiger partial charge in [0.2, 0.25) is 0 Å². The summed E-state index contributed by atoms with van der Waals surface area (Å²) < 4.78 is 0. The van der Waals surface area contributed by atoms with Gasteiger partial charge >= 0.3 is 0 Å². The standard InChI is InChI=1S/C18H19N3O2/c19-6-9-21-17(22)14-5-3-4-12-10-13(20-7-1-2-8-20)11-15(16(12)14)18(21)23/h3-5,10-11H,1-2,6-9,19H2. The summed E-state index contributed by atoms with van der Waals surface area (Å²) in [6, 6.07) is 9.67. The summed E-state index contributed by atoms with van der Waals surface area (Å²) in [6.45, 7) is 2.56. The molecule has 0 atom stereocenters. The van der Waals surface area contributed by atoms with Crippen molar-refractivity contribution in [2.24, 2.45) is 5.73 Å². The van der Waals surface area contributed by atoms with E-state index in [9.17, 15) is 9.59 Å². The topological polar surface area (TPSA) is 66.6 Å². The fourth-order valence-electron chi connectivity index (χ4n) is 3.63. The Morgan fingerprint density at radius 3 is 2.48 bits per heavy atom. The van der Waals surface area contributed by atoms with Crippen LogP contribution in [0.4, 0.5) is 5.69 Å². The lowest BCUT2D eigenvalue weighted by molar-refractivity contribution is 0.0615. The number of benzene rings is 2. The molecular weight excluding hydrogens is 290 g/mol. The number of amides is 2. The Bertz CT molecular complexity index is 809. The summed E-state index contributed by atoms with van der Waals surface area (Å²) in [5.74, 6) is -0.474. The van der Waals surface area contributed by atoms with Crippen molar-refractivity contribution in [3.05, 3.63) is 41.5 Å². The highest BCUT2D eigenvalue weighted by atomic mass is 16.2. The predicted molar refractivity (Wildman–Crippen MR) is 89.8 cm³/mol. The second-order valence-electron chi connectivity index (χ2n) is 6.14. The average molecular weight is 309 g/mol. The van der Waals surface area contributed by atoms with Gasteiger partial charge in [-0.1, -0.05) is 12.1 Å². The van der Waals surface area contributed by atoms with Gasteiger partial charge in [0.1, 0.15) is 0 Å².